The Hall–Kier alpha value is -2.58. The van der Waals surface area contributed by atoms with E-state index in [1.165, 1.54) is 12.3 Å². The molecule has 0 atom stereocenters. The molecule has 0 aliphatic heterocycles. The van der Waals surface area contributed by atoms with Crippen molar-refractivity contribution in [2.45, 2.75) is 13.3 Å². The van der Waals surface area contributed by atoms with Gasteiger partial charge in [-0.1, -0.05) is 23.9 Å². The minimum Gasteiger partial charge on any atom is -0.364 e. The van der Waals surface area contributed by atoms with Crippen LogP contribution >= 0.6 is 0 Å². The summed E-state index contributed by atoms with van der Waals surface area (Å²) in [4.78, 5) is 11.9. The van der Waals surface area contributed by atoms with Crippen LogP contribution in [0.15, 0.2) is 35.1 Å². The lowest BCUT2D eigenvalue weighted by atomic mass is 10.1. The molecule has 1 aromatic carbocycles. The van der Waals surface area contributed by atoms with Gasteiger partial charge in [0.2, 0.25) is 0 Å². The number of aromatic nitrogens is 1. The summed E-state index contributed by atoms with van der Waals surface area (Å²) < 4.78 is 4.65. The van der Waals surface area contributed by atoms with Crippen LogP contribution in [0.3, 0.4) is 0 Å². The topological polar surface area (TPSA) is 81.1 Å². The van der Waals surface area contributed by atoms with Gasteiger partial charge in [-0.25, -0.2) is 0 Å². The highest BCUT2D eigenvalue weighted by Gasteiger charge is 2.11. The third-order valence-electron chi connectivity index (χ3n) is 2.74. The fourth-order valence-electron chi connectivity index (χ4n) is 1.76. The summed E-state index contributed by atoms with van der Waals surface area (Å²) >= 11 is 0. The zero-order valence-corrected chi connectivity index (χ0v) is 11.1. The molecular formula is C15H15N3O2. The minimum absolute atomic E-state index is 0.249. The van der Waals surface area contributed by atoms with E-state index in [4.69, 9.17) is 5.73 Å². The number of hydrogen-bond donors (Lipinski definition) is 2. The van der Waals surface area contributed by atoms with Crippen molar-refractivity contribution in [3.8, 4) is 11.8 Å². The number of carbonyl (C=O) groups excluding carboxylic acids is 1. The minimum atomic E-state index is -0.297. The molecule has 0 bridgehead atoms. The van der Waals surface area contributed by atoms with E-state index in [9.17, 15) is 4.79 Å². The molecule has 0 aliphatic rings. The predicted octanol–water partition coefficient (Wildman–Crippen LogP) is 1.80. The summed E-state index contributed by atoms with van der Waals surface area (Å²) in [6.45, 7) is 2.34. The number of nitrogens with two attached hydrogens (primary N) is 1. The molecule has 1 amide bonds. The van der Waals surface area contributed by atoms with Crippen LogP contribution < -0.4 is 11.1 Å². The average Bonchev–Trinajstić information content (AvgIpc) is 3.00. The second kappa shape index (κ2) is 6.55. The van der Waals surface area contributed by atoms with Crippen LogP contribution in [0.1, 0.15) is 28.5 Å². The summed E-state index contributed by atoms with van der Waals surface area (Å²) in [5.41, 5.74) is 8.23. The number of amides is 1. The second-order valence-electron chi connectivity index (χ2n) is 4.07. The molecule has 5 nitrogen and oxygen atoms in total. The monoisotopic (exact) mass is 269 g/mol. The van der Waals surface area contributed by atoms with E-state index < -0.39 is 0 Å². The maximum absolute atomic E-state index is 11.9. The predicted molar refractivity (Wildman–Crippen MR) is 76.2 cm³/mol. The Bertz CT molecular complexity index is 651. The molecule has 0 radical (unpaired) electrons. The molecule has 3 N–H and O–H groups in total. The summed E-state index contributed by atoms with van der Waals surface area (Å²) in [5, 5.41) is 6.42. The Morgan fingerprint density at radius 3 is 2.95 bits per heavy atom. The highest BCUT2D eigenvalue weighted by Crippen LogP contribution is 2.18. The van der Waals surface area contributed by atoms with Gasteiger partial charge < -0.3 is 15.6 Å². The van der Waals surface area contributed by atoms with Crippen molar-refractivity contribution in [2.75, 3.05) is 11.9 Å². The van der Waals surface area contributed by atoms with Crippen LogP contribution in [0.25, 0.3) is 0 Å². The van der Waals surface area contributed by atoms with Gasteiger partial charge in [0.15, 0.2) is 5.69 Å². The van der Waals surface area contributed by atoms with Gasteiger partial charge in [-0.15, -0.1) is 0 Å². The molecule has 5 heteroatoms. The number of nitrogens with one attached hydrogen (secondary N) is 1. The quantitative estimate of drug-likeness (QED) is 0.832. The van der Waals surface area contributed by atoms with Crippen molar-refractivity contribution in [1.29, 1.82) is 0 Å². The summed E-state index contributed by atoms with van der Waals surface area (Å²) in [6, 6.07) is 7.14. The number of rotatable bonds is 3. The lowest BCUT2D eigenvalue weighted by molar-refractivity contribution is 0.101. The molecular weight excluding hydrogens is 254 g/mol. The summed E-state index contributed by atoms with van der Waals surface area (Å²) in [7, 11) is 0. The van der Waals surface area contributed by atoms with E-state index in [0.29, 0.717) is 6.54 Å². The normalized spacial score (nSPS) is 9.70. The van der Waals surface area contributed by atoms with Gasteiger partial charge in [-0.05, 0) is 30.2 Å². The third kappa shape index (κ3) is 3.25. The van der Waals surface area contributed by atoms with Crippen molar-refractivity contribution in [2.24, 2.45) is 5.73 Å². The van der Waals surface area contributed by atoms with Crippen molar-refractivity contribution < 1.29 is 9.32 Å². The first-order valence-corrected chi connectivity index (χ1v) is 6.28. The maximum Gasteiger partial charge on any atom is 0.277 e. The number of nitrogens with zero attached hydrogens (tertiary/aromatic N) is 1. The number of benzene rings is 1. The van der Waals surface area contributed by atoms with Crippen LogP contribution in [0.2, 0.25) is 0 Å². The van der Waals surface area contributed by atoms with Gasteiger partial charge in [0, 0.05) is 17.3 Å². The van der Waals surface area contributed by atoms with Crippen molar-refractivity contribution in [3.63, 3.8) is 0 Å². The van der Waals surface area contributed by atoms with E-state index >= 15 is 0 Å². The number of aryl methyl sites for hydroxylation is 1. The lowest BCUT2D eigenvalue weighted by Crippen LogP contribution is -2.13. The first-order valence-electron chi connectivity index (χ1n) is 6.28. The second-order valence-corrected chi connectivity index (χ2v) is 4.07. The fraction of sp³-hybridized carbons (Fsp3) is 0.200. The standard InChI is InChI=1S/C15H15N3O2/c1-2-12-10-11(4-3-8-16)5-6-13(12)17-15(19)14-7-9-20-18-14/h5-7,9-10H,2,8,16H2,1H3,(H,17,19). The van der Waals surface area contributed by atoms with E-state index in [-0.39, 0.29) is 11.6 Å². The van der Waals surface area contributed by atoms with Crippen LogP contribution in [-0.4, -0.2) is 17.6 Å². The SMILES string of the molecule is CCc1cc(C#CCN)ccc1NC(=O)c1ccon1. The molecule has 0 saturated heterocycles. The average molecular weight is 269 g/mol. The number of hydrogen-bond acceptors (Lipinski definition) is 4. The summed E-state index contributed by atoms with van der Waals surface area (Å²) in [5.74, 6) is 5.48. The van der Waals surface area contributed by atoms with Gasteiger partial charge in [0.25, 0.3) is 5.91 Å². The van der Waals surface area contributed by atoms with Crippen molar-refractivity contribution in [1.82, 2.24) is 5.16 Å². The first kappa shape index (κ1) is 13.8. The first-order chi connectivity index (χ1) is 9.74. The van der Waals surface area contributed by atoms with Crippen LogP contribution in [0, 0.1) is 11.8 Å². The van der Waals surface area contributed by atoms with Crippen LogP contribution in [0.5, 0.6) is 0 Å². The van der Waals surface area contributed by atoms with E-state index in [0.717, 1.165) is 23.2 Å². The highest BCUT2D eigenvalue weighted by molar-refractivity contribution is 6.03. The molecule has 0 unspecified atom stereocenters. The zero-order valence-electron chi connectivity index (χ0n) is 11.1. The smallest absolute Gasteiger partial charge is 0.277 e. The molecule has 1 heterocycles. The summed E-state index contributed by atoms with van der Waals surface area (Å²) in [6.07, 6.45) is 2.15. The van der Waals surface area contributed by atoms with Gasteiger partial charge in [-0.3, -0.25) is 4.79 Å². The van der Waals surface area contributed by atoms with Crippen LogP contribution in [-0.2, 0) is 6.42 Å². The Labute approximate surface area is 117 Å². The lowest BCUT2D eigenvalue weighted by Gasteiger charge is -2.09. The zero-order chi connectivity index (χ0) is 14.4. The molecule has 0 fully saturated rings. The molecule has 1 aromatic heterocycles. The van der Waals surface area contributed by atoms with E-state index in [1.807, 2.05) is 25.1 Å². The van der Waals surface area contributed by atoms with E-state index in [2.05, 4.69) is 26.8 Å². The molecule has 0 saturated carbocycles. The highest BCUT2D eigenvalue weighted by atomic mass is 16.5. The van der Waals surface area contributed by atoms with Crippen molar-refractivity contribution >= 4 is 11.6 Å². The van der Waals surface area contributed by atoms with Gasteiger partial charge in [0.05, 0.1) is 6.54 Å². The Balaban J connectivity index is 2.21. The molecule has 102 valence electrons. The van der Waals surface area contributed by atoms with Gasteiger partial charge in [-0.2, -0.15) is 0 Å². The Morgan fingerprint density at radius 2 is 2.30 bits per heavy atom. The fourth-order valence-corrected chi connectivity index (χ4v) is 1.76. The van der Waals surface area contributed by atoms with Gasteiger partial charge >= 0.3 is 0 Å². The largest absolute Gasteiger partial charge is 0.364 e. The molecule has 2 aromatic rings. The maximum atomic E-state index is 11.9. The molecule has 2 rings (SSSR count). The Kier molecular flexibility index (Phi) is 4.53. The molecule has 0 spiro atoms. The number of anilines is 1. The van der Waals surface area contributed by atoms with Crippen LogP contribution in [0.4, 0.5) is 5.69 Å². The Morgan fingerprint density at radius 1 is 1.45 bits per heavy atom. The van der Waals surface area contributed by atoms with E-state index in [1.54, 1.807) is 0 Å². The number of carbonyl (C=O) groups is 1. The molecule has 0 aliphatic carbocycles. The third-order valence-corrected chi connectivity index (χ3v) is 2.74. The molecule has 20 heavy (non-hydrogen) atoms. The van der Waals surface area contributed by atoms with Gasteiger partial charge in [0.1, 0.15) is 6.26 Å². The van der Waals surface area contributed by atoms with Crippen molar-refractivity contribution in [3.05, 3.63) is 47.3 Å².